The van der Waals surface area contributed by atoms with Crippen LogP contribution in [0, 0.1) is 5.82 Å². The first-order valence-corrected chi connectivity index (χ1v) is 8.25. The molecule has 2 heterocycles. The van der Waals surface area contributed by atoms with Gasteiger partial charge in [-0.05, 0) is 30.9 Å². The van der Waals surface area contributed by atoms with Crippen molar-refractivity contribution in [2.75, 3.05) is 19.6 Å². The number of amides is 2. The molecule has 7 heteroatoms. The molecule has 2 aromatic rings. The van der Waals surface area contributed by atoms with Gasteiger partial charge in [-0.3, -0.25) is 0 Å². The van der Waals surface area contributed by atoms with Crippen molar-refractivity contribution in [2.45, 2.75) is 25.2 Å². The maximum Gasteiger partial charge on any atom is 0.317 e. The second-order valence-electron chi connectivity index (χ2n) is 6.16. The van der Waals surface area contributed by atoms with E-state index in [0.29, 0.717) is 25.1 Å². The van der Waals surface area contributed by atoms with E-state index >= 15 is 0 Å². The lowest BCUT2D eigenvalue weighted by molar-refractivity contribution is 0.178. The highest BCUT2D eigenvalue weighted by molar-refractivity contribution is 5.74. The number of aryl methyl sites for hydroxylation is 1. The molecule has 6 nitrogen and oxygen atoms in total. The second-order valence-corrected chi connectivity index (χ2v) is 6.16. The van der Waals surface area contributed by atoms with Crippen molar-refractivity contribution in [3.8, 4) is 0 Å². The third-order valence-electron chi connectivity index (χ3n) is 4.45. The number of benzene rings is 1. The molecule has 0 aliphatic carbocycles. The Morgan fingerprint density at radius 2 is 2.25 bits per heavy atom. The Hall–Kier alpha value is -2.44. The molecule has 1 aromatic heterocycles. The van der Waals surface area contributed by atoms with Crippen molar-refractivity contribution in [3.05, 3.63) is 47.8 Å². The number of nitrogens with zero attached hydrogens (tertiary/aromatic N) is 4. The molecule has 0 radical (unpaired) electrons. The van der Waals surface area contributed by atoms with Crippen LogP contribution in [0.25, 0.3) is 0 Å². The third-order valence-corrected chi connectivity index (χ3v) is 4.45. The van der Waals surface area contributed by atoms with E-state index in [2.05, 4.69) is 15.5 Å². The van der Waals surface area contributed by atoms with Gasteiger partial charge in [-0.2, -0.15) is 0 Å². The first-order valence-electron chi connectivity index (χ1n) is 8.25. The zero-order valence-corrected chi connectivity index (χ0v) is 13.8. The molecule has 1 saturated heterocycles. The molecule has 1 aliphatic rings. The van der Waals surface area contributed by atoms with Gasteiger partial charge >= 0.3 is 6.03 Å². The molecule has 0 spiro atoms. The molecule has 2 amide bonds. The Kier molecular flexibility index (Phi) is 5.08. The molecular formula is C17H22FN5O. The zero-order chi connectivity index (χ0) is 16.9. The number of aromatic nitrogens is 3. The molecule has 3 rings (SSSR count). The Labute approximate surface area is 140 Å². The van der Waals surface area contributed by atoms with Gasteiger partial charge in [-0.15, -0.1) is 10.2 Å². The van der Waals surface area contributed by atoms with Crippen LogP contribution in [-0.2, 0) is 13.5 Å². The summed E-state index contributed by atoms with van der Waals surface area (Å²) in [5.74, 6) is 0.898. The van der Waals surface area contributed by atoms with E-state index in [1.165, 1.54) is 6.07 Å². The smallest absolute Gasteiger partial charge is 0.317 e. The van der Waals surface area contributed by atoms with Crippen LogP contribution in [-0.4, -0.2) is 45.3 Å². The number of piperidine rings is 1. The summed E-state index contributed by atoms with van der Waals surface area (Å²) < 4.78 is 15.5. The van der Waals surface area contributed by atoms with Gasteiger partial charge in [0.05, 0.1) is 0 Å². The van der Waals surface area contributed by atoms with Gasteiger partial charge in [0, 0.05) is 32.6 Å². The fraction of sp³-hybridized carbons (Fsp3) is 0.471. The normalized spacial score (nSPS) is 17.8. The van der Waals surface area contributed by atoms with Crippen molar-refractivity contribution in [1.29, 1.82) is 0 Å². The third kappa shape index (κ3) is 3.72. The number of hydrogen-bond donors (Lipinski definition) is 1. The van der Waals surface area contributed by atoms with E-state index in [-0.39, 0.29) is 17.8 Å². The molecule has 1 atom stereocenters. The van der Waals surface area contributed by atoms with E-state index in [4.69, 9.17) is 0 Å². The Morgan fingerprint density at radius 3 is 3.00 bits per heavy atom. The number of nitrogens with one attached hydrogen (secondary N) is 1. The van der Waals surface area contributed by atoms with Gasteiger partial charge in [0.2, 0.25) is 0 Å². The number of halogens is 1. The largest absolute Gasteiger partial charge is 0.338 e. The Morgan fingerprint density at radius 1 is 1.42 bits per heavy atom. The Bertz CT molecular complexity index is 702. The van der Waals surface area contributed by atoms with Crippen LogP contribution in [0.3, 0.4) is 0 Å². The number of carbonyl (C=O) groups is 1. The van der Waals surface area contributed by atoms with Crippen LogP contribution >= 0.6 is 0 Å². The molecule has 0 saturated carbocycles. The predicted molar refractivity (Wildman–Crippen MR) is 88.1 cm³/mol. The lowest BCUT2D eigenvalue weighted by Gasteiger charge is -2.32. The highest BCUT2D eigenvalue weighted by Crippen LogP contribution is 2.24. The molecule has 0 unspecified atom stereocenters. The molecule has 1 aliphatic heterocycles. The van der Waals surface area contributed by atoms with Gasteiger partial charge in [0.25, 0.3) is 0 Å². The number of carbonyl (C=O) groups excluding carboxylic acids is 1. The number of likely N-dealkylation sites (tertiary alicyclic amines) is 1. The van der Waals surface area contributed by atoms with Crippen LogP contribution in [0.4, 0.5) is 9.18 Å². The van der Waals surface area contributed by atoms with Crippen LogP contribution < -0.4 is 5.32 Å². The average molecular weight is 331 g/mol. The minimum Gasteiger partial charge on any atom is -0.338 e. The topological polar surface area (TPSA) is 63.1 Å². The van der Waals surface area contributed by atoms with Crippen LogP contribution in [0.5, 0.6) is 0 Å². The molecule has 128 valence electrons. The van der Waals surface area contributed by atoms with Crippen LogP contribution in [0.1, 0.15) is 30.1 Å². The summed E-state index contributed by atoms with van der Waals surface area (Å²) in [5.41, 5.74) is 0.619. The van der Waals surface area contributed by atoms with E-state index < -0.39 is 0 Å². The van der Waals surface area contributed by atoms with E-state index in [1.807, 2.05) is 16.5 Å². The van der Waals surface area contributed by atoms with Gasteiger partial charge in [-0.1, -0.05) is 18.2 Å². The van der Waals surface area contributed by atoms with Crippen molar-refractivity contribution in [1.82, 2.24) is 25.0 Å². The highest BCUT2D eigenvalue weighted by atomic mass is 19.1. The SMILES string of the molecule is Cn1cnnc1[C@@H]1CCCN(C(=O)NCCc2ccccc2F)C1. The molecular weight excluding hydrogens is 309 g/mol. The van der Waals surface area contributed by atoms with Crippen molar-refractivity contribution in [2.24, 2.45) is 7.05 Å². The van der Waals surface area contributed by atoms with Crippen LogP contribution in [0.2, 0.25) is 0 Å². The van der Waals surface area contributed by atoms with Gasteiger partial charge in [0.1, 0.15) is 18.0 Å². The maximum atomic E-state index is 13.6. The highest BCUT2D eigenvalue weighted by Gasteiger charge is 2.27. The fourth-order valence-electron chi connectivity index (χ4n) is 3.15. The Balaban J connectivity index is 1.51. The first-order chi connectivity index (χ1) is 11.6. The molecule has 24 heavy (non-hydrogen) atoms. The fourth-order valence-corrected chi connectivity index (χ4v) is 3.15. The number of hydrogen-bond acceptors (Lipinski definition) is 3. The zero-order valence-electron chi connectivity index (χ0n) is 13.8. The second kappa shape index (κ2) is 7.42. The first kappa shape index (κ1) is 16.4. The summed E-state index contributed by atoms with van der Waals surface area (Å²) in [4.78, 5) is 14.2. The minimum absolute atomic E-state index is 0.0989. The summed E-state index contributed by atoms with van der Waals surface area (Å²) in [6.45, 7) is 1.79. The van der Waals surface area contributed by atoms with Gasteiger partial charge in [-0.25, -0.2) is 9.18 Å². The maximum absolute atomic E-state index is 13.6. The quantitative estimate of drug-likeness (QED) is 0.933. The summed E-state index contributed by atoms with van der Waals surface area (Å²) in [5, 5.41) is 11.0. The molecule has 0 bridgehead atoms. The summed E-state index contributed by atoms with van der Waals surface area (Å²) in [6.07, 6.45) is 4.12. The lowest BCUT2D eigenvalue weighted by Crippen LogP contribution is -2.45. The van der Waals surface area contributed by atoms with E-state index in [9.17, 15) is 9.18 Å². The molecule has 1 N–H and O–H groups in total. The van der Waals surface area contributed by atoms with Crippen LogP contribution in [0.15, 0.2) is 30.6 Å². The van der Waals surface area contributed by atoms with Gasteiger partial charge < -0.3 is 14.8 Å². The average Bonchev–Trinajstić information content (AvgIpc) is 3.03. The summed E-state index contributed by atoms with van der Waals surface area (Å²) >= 11 is 0. The number of urea groups is 1. The number of rotatable bonds is 4. The lowest BCUT2D eigenvalue weighted by atomic mass is 9.97. The van der Waals surface area contributed by atoms with Crippen molar-refractivity contribution < 1.29 is 9.18 Å². The van der Waals surface area contributed by atoms with Crippen molar-refractivity contribution in [3.63, 3.8) is 0 Å². The standard InChI is InChI=1S/C17H22FN5O/c1-22-12-20-21-16(22)14-6-4-10-23(11-14)17(24)19-9-8-13-5-2-3-7-15(13)18/h2-3,5,7,12,14H,4,6,8-11H2,1H3,(H,19,24)/t14-/m1/s1. The van der Waals surface area contributed by atoms with E-state index in [1.54, 1.807) is 24.5 Å². The molecule has 1 fully saturated rings. The van der Waals surface area contributed by atoms with Crippen molar-refractivity contribution >= 4 is 6.03 Å². The molecule has 1 aromatic carbocycles. The summed E-state index contributed by atoms with van der Waals surface area (Å²) in [7, 11) is 1.92. The monoisotopic (exact) mass is 331 g/mol. The van der Waals surface area contributed by atoms with Gasteiger partial charge in [0.15, 0.2) is 0 Å². The summed E-state index contributed by atoms with van der Waals surface area (Å²) in [6, 6.07) is 6.55. The minimum atomic E-state index is -0.230. The predicted octanol–water partition coefficient (Wildman–Crippen LogP) is 2.09. The van der Waals surface area contributed by atoms with E-state index in [0.717, 1.165) is 25.2 Å².